The molecular formula is C59H65ClF3N9O7. The van der Waals surface area contributed by atoms with Crippen molar-refractivity contribution in [3.8, 4) is 29.0 Å². The van der Waals surface area contributed by atoms with Gasteiger partial charge >= 0.3 is 12.1 Å². The van der Waals surface area contributed by atoms with Crippen LogP contribution in [-0.2, 0) is 27.5 Å². The molecule has 0 bridgehead atoms. The zero-order chi connectivity index (χ0) is 55.2. The molecule has 5 aliphatic heterocycles. The van der Waals surface area contributed by atoms with Crippen LogP contribution in [0.15, 0.2) is 66.7 Å². The summed E-state index contributed by atoms with van der Waals surface area (Å²) >= 11 is 6.99. The zero-order valence-electron chi connectivity index (χ0n) is 44.4. The minimum Gasteiger partial charge on any atom is -0.493 e. The van der Waals surface area contributed by atoms with Crippen LogP contribution < -0.4 is 19.7 Å². The molecule has 1 N–H and O–H groups in total. The largest absolute Gasteiger partial charge is 0.493 e. The second-order valence-corrected chi connectivity index (χ2v) is 21.7. The third-order valence-electron chi connectivity index (χ3n) is 16.3. The van der Waals surface area contributed by atoms with E-state index in [0.717, 1.165) is 94.2 Å². The number of halogens is 4. The number of piperazine rings is 1. The number of amides is 4. The van der Waals surface area contributed by atoms with E-state index in [4.69, 9.17) is 30.8 Å². The number of rotatable bonds is 19. The number of nitrogens with zero attached hydrogens (tertiary/aromatic N) is 8. The number of ether oxygens (including phenoxy) is 3. The summed E-state index contributed by atoms with van der Waals surface area (Å²) in [6.45, 7) is 4.93. The molecule has 0 radical (unpaired) electrons. The number of hydrogen-bond acceptors (Lipinski definition) is 13. The van der Waals surface area contributed by atoms with Gasteiger partial charge in [0.15, 0.2) is 5.82 Å². The molecule has 5 aromatic rings. The van der Waals surface area contributed by atoms with Gasteiger partial charge in [0, 0.05) is 55.2 Å². The molecule has 3 atom stereocenters. The Balaban J connectivity index is 0.754. The quantitative estimate of drug-likeness (QED) is 0.0612. The molecule has 4 saturated heterocycles. The number of fused-ring (bicyclic) bond motifs is 2. The number of nitriles is 1. The van der Waals surface area contributed by atoms with E-state index in [9.17, 15) is 28.8 Å². The number of unbranched alkanes of at least 4 members (excludes halogenated alkanes) is 4. The smallest absolute Gasteiger partial charge is 0.410 e. The number of carbonyl (C=O) groups excluding carboxylic acids is 4. The molecule has 4 aromatic carbocycles. The van der Waals surface area contributed by atoms with Gasteiger partial charge in [0.2, 0.25) is 11.8 Å². The summed E-state index contributed by atoms with van der Waals surface area (Å²) in [5, 5.41) is 12.4. The van der Waals surface area contributed by atoms with E-state index in [1.165, 1.54) is 34.1 Å². The number of imide groups is 1. The van der Waals surface area contributed by atoms with Crippen LogP contribution in [0.25, 0.3) is 22.0 Å². The SMILES string of the molecule is CN1CCC[C@H]1COc1nc(N2CCN(C(=O)OCc3ccccc3)[C@H](CC#N)C2)c2cc(Cl)c(-c3c(F)cccc3OCCCCCCCN3CCC(c4cc(F)cc5c4CN(C4CCC(=O)NC4=O)C5=O)CC3)c(F)c2n1. The highest BCUT2D eigenvalue weighted by atomic mass is 35.5. The highest BCUT2D eigenvalue weighted by molar-refractivity contribution is 6.34. The number of anilines is 1. The highest BCUT2D eigenvalue weighted by Crippen LogP contribution is 2.44. The van der Waals surface area contributed by atoms with E-state index in [1.54, 1.807) is 12.1 Å². The Morgan fingerprint density at radius 3 is 2.43 bits per heavy atom. The van der Waals surface area contributed by atoms with Crippen LogP contribution in [-0.4, -0.2) is 138 Å². The molecule has 20 heteroatoms. The van der Waals surface area contributed by atoms with Gasteiger partial charge in [-0.15, -0.1) is 0 Å². The number of likely N-dealkylation sites (N-methyl/N-ethyl adjacent to an activating group) is 1. The number of benzene rings is 4. The van der Waals surface area contributed by atoms with Crippen molar-refractivity contribution < 1.29 is 46.6 Å². The minimum atomic E-state index is -0.878. The topological polar surface area (TPSA) is 174 Å². The lowest BCUT2D eigenvalue weighted by Crippen LogP contribution is -2.55. The molecule has 4 amide bonds. The van der Waals surface area contributed by atoms with Crippen LogP contribution in [0.4, 0.5) is 23.8 Å². The van der Waals surface area contributed by atoms with Gasteiger partial charge in [-0.25, -0.2) is 18.0 Å². The molecule has 4 fully saturated rings. The molecule has 79 heavy (non-hydrogen) atoms. The van der Waals surface area contributed by atoms with Gasteiger partial charge in [0.25, 0.3) is 5.91 Å². The lowest BCUT2D eigenvalue weighted by atomic mass is 9.85. The summed E-state index contributed by atoms with van der Waals surface area (Å²) < 4.78 is 66.5. The Bertz CT molecular complexity index is 3120. The van der Waals surface area contributed by atoms with E-state index in [-0.39, 0.29) is 128 Å². The van der Waals surface area contributed by atoms with Crippen molar-refractivity contribution in [1.82, 2.24) is 34.9 Å². The van der Waals surface area contributed by atoms with Gasteiger partial charge in [-0.1, -0.05) is 67.3 Å². The van der Waals surface area contributed by atoms with Gasteiger partial charge in [-0.3, -0.25) is 19.7 Å². The third kappa shape index (κ3) is 12.4. The zero-order valence-corrected chi connectivity index (χ0v) is 45.1. The van der Waals surface area contributed by atoms with Crippen LogP contribution >= 0.6 is 11.6 Å². The van der Waals surface area contributed by atoms with E-state index in [1.807, 2.05) is 42.3 Å². The Kier molecular flexibility index (Phi) is 17.5. The van der Waals surface area contributed by atoms with Crippen molar-refractivity contribution in [2.75, 3.05) is 71.0 Å². The number of hydrogen-bond donors (Lipinski definition) is 1. The monoisotopic (exact) mass is 1100 g/mol. The van der Waals surface area contributed by atoms with Crippen LogP contribution in [0.5, 0.6) is 11.8 Å². The molecule has 1 aromatic heterocycles. The highest BCUT2D eigenvalue weighted by Gasteiger charge is 2.42. The molecule has 5 aliphatic rings. The first-order valence-electron chi connectivity index (χ1n) is 27.6. The average molecular weight is 1100 g/mol. The second kappa shape index (κ2) is 25.0. The normalized spacial score (nSPS) is 20.2. The molecule has 0 spiro atoms. The average Bonchev–Trinajstić information content (AvgIpc) is 4.24. The number of nitrogens with one attached hydrogen (secondary N) is 1. The van der Waals surface area contributed by atoms with Crippen LogP contribution in [0.3, 0.4) is 0 Å². The lowest BCUT2D eigenvalue weighted by molar-refractivity contribution is -0.136. The van der Waals surface area contributed by atoms with Crippen molar-refractivity contribution >= 4 is 52.1 Å². The Hall–Kier alpha value is -7.01. The predicted octanol–water partition coefficient (Wildman–Crippen LogP) is 9.55. The van der Waals surface area contributed by atoms with Crippen molar-refractivity contribution in [3.05, 3.63) is 111 Å². The molecule has 416 valence electrons. The molecule has 0 saturated carbocycles. The molecule has 16 nitrogen and oxygen atoms in total. The first kappa shape index (κ1) is 55.3. The maximum Gasteiger partial charge on any atom is 0.410 e. The van der Waals surface area contributed by atoms with Crippen molar-refractivity contribution in [2.24, 2.45) is 0 Å². The molecule has 10 rings (SSSR count). The Labute approximate surface area is 462 Å². The van der Waals surface area contributed by atoms with E-state index in [0.29, 0.717) is 17.8 Å². The number of aromatic nitrogens is 2. The summed E-state index contributed by atoms with van der Waals surface area (Å²) in [6.07, 6.45) is 7.86. The fraction of sp³-hybridized carbons (Fsp3) is 0.475. The summed E-state index contributed by atoms with van der Waals surface area (Å²) in [5.41, 5.74) is 2.26. The predicted molar refractivity (Wildman–Crippen MR) is 290 cm³/mol. The van der Waals surface area contributed by atoms with Gasteiger partial charge in [0.05, 0.1) is 35.7 Å². The van der Waals surface area contributed by atoms with E-state index in [2.05, 4.69) is 26.2 Å². The Morgan fingerprint density at radius 2 is 1.66 bits per heavy atom. The maximum atomic E-state index is 17.4. The number of likely N-dealkylation sites (tertiary alicyclic amines) is 2. The van der Waals surface area contributed by atoms with E-state index < -0.39 is 41.5 Å². The van der Waals surface area contributed by atoms with Crippen molar-refractivity contribution in [1.29, 1.82) is 5.26 Å². The van der Waals surface area contributed by atoms with Gasteiger partial charge < -0.3 is 38.7 Å². The summed E-state index contributed by atoms with van der Waals surface area (Å²) in [4.78, 5) is 70.1. The standard InChI is InChI=1S/C59H65ClF3N9O7/c1-68-23-11-14-41(68)36-78-58-66-54-44(55(67-58)70-27-28-71(40(33-70)19-22-64)59(76)79-35-37-12-6-5-7-13-37)32-46(60)51(53(54)63)52-47(62)15-10-16-49(52)77-29-9-4-2-3-8-24-69-25-20-38(21-26-69)42-30-39(61)31-43-45(42)34-72(57(43)75)48-17-18-50(73)65-56(48)74/h5-7,10,12-13,15-16,30-32,38,40-41,48H,2-4,8-9,11,14,17-21,23-29,33-36H2,1H3,(H,65,73,74)/t40-,41+,48?/m1/s1. The van der Waals surface area contributed by atoms with Gasteiger partial charge in [0.1, 0.15) is 48.0 Å². The van der Waals surface area contributed by atoms with E-state index >= 15 is 8.78 Å². The van der Waals surface area contributed by atoms with Gasteiger partial charge in [-0.2, -0.15) is 15.2 Å². The fourth-order valence-corrected chi connectivity index (χ4v) is 12.2. The minimum absolute atomic E-state index is 0.00131. The van der Waals surface area contributed by atoms with Crippen LogP contribution in [0.1, 0.15) is 110 Å². The molecule has 1 unspecified atom stereocenters. The fourth-order valence-electron chi connectivity index (χ4n) is 11.9. The summed E-state index contributed by atoms with van der Waals surface area (Å²) in [7, 11) is 2.02. The second-order valence-electron chi connectivity index (χ2n) is 21.3. The maximum absolute atomic E-state index is 17.4. The molecular weight excluding hydrogens is 1040 g/mol. The van der Waals surface area contributed by atoms with Crippen molar-refractivity contribution in [2.45, 2.75) is 114 Å². The molecule has 6 heterocycles. The van der Waals surface area contributed by atoms with Crippen molar-refractivity contribution in [3.63, 3.8) is 0 Å². The number of piperidine rings is 2. The first-order chi connectivity index (χ1) is 38.3. The molecule has 0 aliphatic carbocycles. The van der Waals surface area contributed by atoms with Gasteiger partial charge in [-0.05, 0) is 131 Å². The number of carbonyl (C=O) groups is 4. The third-order valence-corrected chi connectivity index (χ3v) is 16.5. The first-order valence-corrected chi connectivity index (χ1v) is 28.0. The van der Waals surface area contributed by atoms with Crippen LogP contribution in [0, 0.1) is 28.8 Å². The Morgan fingerprint density at radius 1 is 0.861 bits per heavy atom. The lowest BCUT2D eigenvalue weighted by Gasteiger charge is -2.40. The van der Waals surface area contributed by atoms with Crippen LogP contribution in [0.2, 0.25) is 5.02 Å². The summed E-state index contributed by atoms with van der Waals surface area (Å²) in [6, 6.07) is 18.9. The summed E-state index contributed by atoms with van der Waals surface area (Å²) in [5.74, 6) is -2.77.